The first-order valence-electron chi connectivity index (χ1n) is 12.2. The van der Waals surface area contributed by atoms with Crippen LogP contribution in [0.1, 0.15) is 86.0 Å². The van der Waals surface area contributed by atoms with E-state index in [9.17, 15) is 10.2 Å². The van der Waals surface area contributed by atoms with Gasteiger partial charge in [0.15, 0.2) is 0 Å². The van der Waals surface area contributed by atoms with Gasteiger partial charge in [0.05, 0.1) is 11.7 Å². The minimum Gasteiger partial charge on any atom is -0.393 e. The molecule has 3 aliphatic rings. The number of fused-ring (bicyclic) bond motifs is 1. The first kappa shape index (κ1) is 23.5. The lowest BCUT2D eigenvalue weighted by atomic mass is 9.61. The lowest BCUT2D eigenvalue weighted by Gasteiger charge is -2.44. The number of rotatable bonds is 5. The van der Waals surface area contributed by atoms with Crippen LogP contribution in [0.5, 0.6) is 0 Å². The summed E-state index contributed by atoms with van der Waals surface area (Å²) in [7, 11) is 0. The molecule has 0 aromatic rings. The molecule has 0 aromatic carbocycles. The third-order valence-electron chi connectivity index (χ3n) is 8.68. The molecule has 2 nitrogen and oxygen atoms in total. The molecule has 3 rings (SSSR count). The molecule has 0 heterocycles. The average Bonchev–Trinajstić information content (AvgIpc) is 3.03. The van der Waals surface area contributed by atoms with Crippen molar-refractivity contribution in [2.45, 2.75) is 97.7 Å². The zero-order valence-corrected chi connectivity index (χ0v) is 20.0. The van der Waals surface area contributed by atoms with Crippen molar-refractivity contribution in [2.24, 2.45) is 29.1 Å². The van der Waals surface area contributed by atoms with Crippen molar-refractivity contribution in [1.29, 1.82) is 0 Å². The fraction of sp³-hybridized carbons (Fsp3) is 0.714. The molecule has 3 saturated carbocycles. The molecule has 6 atom stereocenters. The SMILES string of the molecule is C=C1CC[C@H](O)CC1=CC=C1CCC[C@@]2(C)C1CC[C@@H]2[C@@H](C)/C=C/[C@H](C)C(C)(C)O. The average molecular weight is 413 g/mol. The molecule has 0 aromatic heterocycles. The molecule has 2 heteroatoms. The van der Waals surface area contributed by atoms with Crippen molar-refractivity contribution < 1.29 is 10.2 Å². The van der Waals surface area contributed by atoms with Crippen molar-refractivity contribution >= 4 is 0 Å². The predicted molar refractivity (Wildman–Crippen MR) is 127 cm³/mol. The van der Waals surface area contributed by atoms with Crippen molar-refractivity contribution in [1.82, 2.24) is 0 Å². The van der Waals surface area contributed by atoms with E-state index in [1.165, 1.54) is 43.3 Å². The summed E-state index contributed by atoms with van der Waals surface area (Å²) in [4.78, 5) is 0. The third kappa shape index (κ3) is 5.02. The predicted octanol–water partition coefficient (Wildman–Crippen LogP) is 6.76. The van der Waals surface area contributed by atoms with E-state index in [1.54, 1.807) is 5.57 Å². The van der Waals surface area contributed by atoms with Crippen LogP contribution in [-0.2, 0) is 0 Å². The van der Waals surface area contributed by atoms with E-state index in [4.69, 9.17) is 0 Å². The molecular formula is C28H44O2. The number of hydrogen-bond acceptors (Lipinski definition) is 2. The number of allylic oxidation sites excluding steroid dienone is 5. The summed E-state index contributed by atoms with van der Waals surface area (Å²) >= 11 is 0. The van der Waals surface area contributed by atoms with Crippen molar-refractivity contribution in [3.8, 4) is 0 Å². The Balaban J connectivity index is 1.75. The van der Waals surface area contributed by atoms with E-state index >= 15 is 0 Å². The number of aliphatic hydroxyl groups excluding tert-OH is 1. The molecule has 2 N–H and O–H groups in total. The van der Waals surface area contributed by atoms with Gasteiger partial charge in [0.25, 0.3) is 0 Å². The Morgan fingerprint density at radius 2 is 1.83 bits per heavy atom. The maximum atomic E-state index is 10.3. The molecule has 0 spiro atoms. The summed E-state index contributed by atoms with van der Waals surface area (Å²) in [5.41, 5.74) is 3.78. The van der Waals surface area contributed by atoms with Gasteiger partial charge in [0, 0.05) is 5.92 Å². The van der Waals surface area contributed by atoms with Crippen LogP contribution in [-0.4, -0.2) is 21.9 Å². The molecule has 1 unspecified atom stereocenters. The summed E-state index contributed by atoms with van der Waals surface area (Å²) in [6.45, 7) is 15.0. The molecule has 0 amide bonds. The molecular weight excluding hydrogens is 368 g/mol. The monoisotopic (exact) mass is 412 g/mol. The van der Waals surface area contributed by atoms with Gasteiger partial charge in [-0.1, -0.05) is 62.8 Å². The molecule has 0 aliphatic heterocycles. The Bertz CT molecular complexity index is 719. The van der Waals surface area contributed by atoms with E-state index in [1.807, 2.05) is 13.8 Å². The van der Waals surface area contributed by atoms with Crippen LogP contribution in [0.3, 0.4) is 0 Å². The molecule has 0 radical (unpaired) electrons. The van der Waals surface area contributed by atoms with Crippen molar-refractivity contribution in [2.75, 3.05) is 0 Å². The van der Waals surface area contributed by atoms with Crippen molar-refractivity contribution in [3.05, 3.63) is 47.6 Å². The van der Waals surface area contributed by atoms with Crippen molar-refractivity contribution in [3.63, 3.8) is 0 Å². The van der Waals surface area contributed by atoms with Crippen LogP contribution in [0.2, 0.25) is 0 Å². The van der Waals surface area contributed by atoms with Crippen LogP contribution in [0.15, 0.2) is 47.6 Å². The smallest absolute Gasteiger partial charge is 0.0651 e. The van der Waals surface area contributed by atoms with Gasteiger partial charge in [0.1, 0.15) is 0 Å². The quantitative estimate of drug-likeness (QED) is 0.490. The van der Waals surface area contributed by atoms with Gasteiger partial charge in [-0.05, 0) is 94.0 Å². The second-order valence-corrected chi connectivity index (χ2v) is 11.2. The zero-order valence-electron chi connectivity index (χ0n) is 20.0. The standard InChI is InChI=1S/C28H44O2/c1-19-10-14-24(29)18-23(19)13-12-22-8-7-17-28(6)25(15-16-26(22)28)20(2)9-11-21(3)27(4,5)30/h9,11-13,20-21,24-26,29-30H,1,7-8,10,14-18H2,2-6H3/b11-9+,22-12?,23-13?/t20-,21-,24-,25+,26?,28+/m0/s1. The normalized spacial score (nSPS) is 37.7. The second-order valence-electron chi connectivity index (χ2n) is 11.2. The second kappa shape index (κ2) is 9.17. The Morgan fingerprint density at radius 1 is 1.10 bits per heavy atom. The van der Waals surface area contributed by atoms with E-state index < -0.39 is 5.60 Å². The molecule has 168 valence electrons. The van der Waals surface area contributed by atoms with Crippen LogP contribution in [0, 0.1) is 29.1 Å². The zero-order chi connectivity index (χ0) is 22.1. The van der Waals surface area contributed by atoms with Crippen LogP contribution in [0.25, 0.3) is 0 Å². The van der Waals surface area contributed by atoms with Crippen LogP contribution >= 0.6 is 0 Å². The highest BCUT2D eigenvalue weighted by molar-refractivity contribution is 5.36. The highest BCUT2D eigenvalue weighted by atomic mass is 16.3. The summed E-state index contributed by atoms with van der Waals surface area (Å²) in [5, 5.41) is 20.3. The largest absolute Gasteiger partial charge is 0.393 e. The lowest BCUT2D eigenvalue weighted by molar-refractivity contribution is 0.0436. The van der Waals surface area contributed by atoms with Gasteiger partial charge in [-0.15, -0.1) is 0 Å². The first-order valence-corrected chi connectivity index (χ1v) is 12.2. The Labute approximate surface area is 184 Å². The highest BCUT2D eigenvalue weighted by Gasteiger charge is 2.50. The summed E-state index contributed by atoms with van der Waals surface area (Å²) in [6.07, 6.45) is 18.0. The van der Waals surface area contributed by atoms with E-state index in [2.05, 4.69) is 51.7 Å². The van der Waals surface area contributed by atoms with Gasteiger partial charge in [0.2, 0.25) is 0 Å². The van der Waals surface area contributed by atoms with Gasteiger partial charge in [-0.3, -0.25) is 0 Å². The molecule has 3 aliphatic carbocycles. The van der Waals surface area contributed by atoms with Crippen LogP contribution < -0.4 is 0 Å². The maximum Gasteiger partial charge on any atom is 0.0651 e. The Hall–Kier alpha value is -1.12. The molecule has 0 bridgehead atoms. The summed E-state index contributed by atoms with van der Waals surface area (Å²) in [5.74, 6) is 2.08. The number of aliphatic hydroxyl groups is 2. The number of hydrogen-bond donors (Lipinski definition) is 2. The molecule has 0 saturated heterocycles. The van der Waals surface area contributed by atoms with Gasteiger partial charge >= 0.3 is 0 Å². The first-order chi connectivity index (χ1) is 14.0. The topological polar surface area (TPSA) is 40.5 Å². The van der Waals surface area contributed by atoms with Crippen LogP contribution in [0.4, 0.5) is 0 Å². The highest BCUT2D eigenvalue weighted by Crippen LogP contribution is 2.59. The van der Waals surface area contributed by atoms with E-state index in [0.29, 0.717) is 23.2 Å². The van der Waals surface area contributed by atoms with Gasteiger partial charge in [-0.25, -0.2) is 0 Å². The van der Waals surface area contributed by atoms with Gasteiger partial charge in [-0.2, -0.15) is 0 Å². The molecule has 3 fully saturated rings. The minimum atomic E-state index is -0.663. The van der Waals surface area contributed by atoms with E-state index in [0.717, 1.165) is 19.3 Å². The Kier molecular flexibility index (Phi) is 7.19. The maximum absolute atomic E-state index is 10.3. The molecule has 30 heavy (non-hydrogen) atoms. The summed E-state index contributed by atoms with van der Waals surface area (Å²) in [6, 6.07) is 0. The fourth-order valence-corrected chi connectivity index (χ4v) is 6.25. The van der Waals surface area contributed by atoms with Gasteiger partial charge < -0.3 is 10.2 Å². The third-order valence-corrected chi connectivity index (χ3v) is 8.68. The fourth-order valence-electron chi connectivity index (χ4n) is 6.25. The lowest BCUT2D eigenvalue weighted by Crippen LogP contribution is -2.35. The minimum absolute atomic E-state index is 0.164. The Morgan fingerprint density at radius 3 is 2.53 bits per heavy atom. The van der Waals surface area contributed by atoms with E-state index in [-0.39, 0.29) is 12.0 Å². The summed E-state index contributed by atoms with van der Waals surface area (Å²) < 4.78 is 0.